The van der Waals surface area contributed by atoms with Crippen molar-refractivity contribution in [3.05, 3.63) is 53.0 Å². The van der Waals surface area contributed by atoms with Crippen LogP contribution in [-0.2, 0) is 0 Å². The number of fused-ring (bicyclic) bond motifs is 14. The molecule has 33 heavy (non-hydrogen) atoms. The van der Waals surface area contributed by atoms with Crippen molar-refractivity contribution in [1.29, 1.82) is 0 Å². The fourth-order valence-electron chi connectivity index (χ4n) is 6.87. The maximum Gasteiger partial charge on any atom is 0.167 e. The standard InChI is InChI=1S/C20H7Cl12I/c21-11-13(23)17(27)9-7(15(11,25)19(17,29)30)5-2-1-4(33)3-6(5)8-10(9)18(28)14(24)12(22)16(8,26)20(18,31)32/h1-3,7-10H/t7-,8-,9+,10-,15+,16+,17+,18+/m1/s1. The molecule has 8 atom stereocenters. The first-order chi connectivity index (χ1) is 15.0. The minimum Gasteiger partial charge on any atom is -0.109 e. The highest BCUT2D eigenvalue weighted by molar-refractivity contribution is 14.1. The summed E-state index contributed by atoms with van der Waals surface area (Å²) in [5.74, 6) is -2.58. The summed E-state index contributed by atoms with van der Waals surface area (Å²) in [6.07, 6.45) is 0. The Bertz CT molecular complexity index is 1240. The van der Waals surface area contributed by atoms with Crippen LogP contribution in [0.5, 0.6) is 0 Å². The van der Waals surface area contributed by atoms with Gasteiger partial charge in [-0.25, -0.2) is 0 Å². The molecule has 13 heteroatoms. The molecular weight excluding hydrogens is 793 g/mol. The Balaban J connectivity index is 1.79. The van der Waals surface area contributed by atoms with Gasteiger partial charge in [0, 0.05) is 27.2 Å². The monoisotopic (exact) mass is 794 g/mol. The molecule has 0 unspecified atom stereocenters. The van der Waals surface area contributed by atoms with Crippen molar-refractivity contribution in [2.75, 3.05) is 0 Å². The second kappa shape index (κ2) is 7.15. The van der Waals surface area contributed by atoms with Crippen LogP contribution in [0.15, 0.2) is 38.3 Å². The topological polar surface area (TPSA) is 0 Å². The van der Waals surface area contributed by atoms with E-state index in [-0.39, 0.29) is 20.1 Å². The smallest absolute Gasteiger partial charge is 0.109 e. The number of rotatable bonds is 0. The van der Waals surface area contributed by atoms with Gasteiger partial charge in [-0.1, -0.05) is 98.9 Å². The van der Waals surface area contributed by atoms with Gasteiger partial charge in [0.15, 0.2) is 8.67 Å². The molecule has 0 heterocycles. The lowest BCUT2D eigenvalue weighted by Gasteiger charge is -2.52. The molecule has 0 saturated heterocycles. The van der Waals surface area contributed by atoms with E-state index in [1.807, 2.05) is 18.2 Å². The van der Waals surface area contributed by atoms with Gasteiger partial charge in [0.05, 0.1) is 20.1 Å². The zero-order chi connectivity index (χ0) is 24.5. The number of hydrogen-bond donors (Lipinski definition) is 0. The van der Waals surface area contributed by atoms with Gasteiger partial charge in [-0.05, 0) is 45.9 Å². The number of hydrogen-bond acceptors (Lipinski definition) is 0. The molecule has 2 fully saturated rings. The Kier molecular flexibility index (Phi) is 5.67. The molecule has 0 aromatic heterocycles. The van der Waals surface area contributed by atoms with Gasteiger partial charge in [0.1, 0.15) is 19.5 Å². The molecule has 0 amide bonds. The molecule has 6 rings (SSSR count). The molecule has 0 spiro atoms. The van der Waals surface area contributed by atoms with E-state index < -0.39 is 51.8 Å². The quantitative estimate of drug-likeness (QED) is 0.181. The zero-order valence-electron chi connectivity index (χ0n) is 15.5. The minimum absolute atomic E-state index is 0.0485. The van der Waals surface area contributed by atoms with Crippen LogP contribution >= 0.6 is 162 Å². The third kappa shape index (κ3) is 2.31. The van der Waals surface area contributed by atoms with Crippen molar-refractivity contribution < 1.29 is 0 Å². The summed E-state index contributed by atoms with van der Waals surface area (Å²) in [4.78, 5) is -6.36. The molecule has 1 aromatic carbocycles. The van der Waals surface area contributed by atoms with Gasteiger partial charge in [0.25, 0.3) is 0 Å². The summed E-state index contributed by atoms with van der Waals surface area (Å²) < 4.78 is -2.68. The van der Waals surface area contributed by atoms with Crippen molar-refractivity contribution in [3.63, 3.8) is 0 Å². The normalized spacial score (nSPS) is 50.1. The molecule has 0 nitrogen and oxygen atoms in total. The van der Waals surface area contributed by atoms with Crippen LogP contribution in [0.1, 0.15) is 23.0 Å². The van der Waals surface area contributed by atoms with Gasteiger partial charge in [-0.2, -0.15) is 0 Å². The lowest BCUT2D eigenvalue weighted by molar-refractivity contribution is 0.201. The predicted octanol–water partition coefficient (Wildman–Crippen LogP) is 10.4. The summed E-state index contributed by atoms with van der Waals surface area (Å²) in [7, 11) is 0. The van der Waals surface area contributed by atoms with Crippen LogP contribution in [0.25, 0.3) is 0 Å². The van der Waals surface area contributed by atoms with E-state index in [1.54, 1.807) is 0 Å². The highest BCUT2D eigenvalue weighted by Crippen LogP contribution is 2.88. The van der Waals surface area contributed by atoms with Crippen LogP contribution < -0.4 is 0 Å². The predicted molar refractivity (Wildman–Crippen MR) is 152 cm³/mol. The lowest BCUT2D eigenvalue weighted by atomic mass is 9.57. The Morgan fingerprint density at radius 2 is 0.909 bits per heavy atom. The van der Waals surface area contributed by atoms with Crippen LogP contribution in [0.2, 0.25) is 0 Å². The third-order valence-corrected chi connectivity index (χ3v) is 17.3. The van der Waals surface area contributed by atoms with Gasteiger partial charge < -0.3 is 0 Å². The third-order valence-electron chi connectivity index (χ3n) is 8.09. The van der Waals surface area contributed by atoms with Crippen LogP contribution in [0.3, 0.4) is 0 Å². The van der Waals surface area contributed by atoms with Crippen molar-refractivity contribution in [2.24, 2.45) is 11.8 Å². The summed E-state index contributed by atoms with van der Waals surface area (Å²) in [6.45, 7) is 0. The highest BCUT2D eigenvalue weighted by Gasteiger charge is 2.91. The molecule has 0 radical (unpaired) electrons. The molecule has 0 aliphatic heterocycles. The number of alkyl halides is 8. The van der Waals surface area contributed by atoms with E-state index in [9.17, 15) is 0 Å². The lowest BCUT2D eigenvalue weighted by Crippen LogP contribution is -2.53. The molecule has 5 aliphatic rings. The Morgan fingerprint density at radius 1 is 0.545 bits per heavy atom. The summed E-state index contributed by atoms with van der Waals surface area (Å²) in [5.41, 5.74) is 1.60. The molecule has 0 N–H and O–H groups in total. The Labute approximate surface area is 263 Å². The van der Waals surface area contributed by atoms with E-state index in [0.29, 0.717) is 0 Å². The van der Waals surface area contributed by atoms with E-state index in [1.165, 1.54) is 0 Å². The first-order valence-corrected chi connectivity index (χ1v) is 15.0. The molecule has 4 bridgehead atoms. The molecular formula is C20H7Cl12I. The SMILES string of the molecule is ClC1=C(Cl)[C@@]2(Cl)[C@@H]3c4ccc(I)cc4[C@@H]4[C@H]([C@H]3[C@@]1(Cl)C2(Cl)Cl)[C@]1(Cl)C(Cl)=C(Cl)[C@]4(Cl)C1(Cl)Cl. The minimum atomic E-state index is -1.81. The van der Waals surface area contributed by atoms with E-state index >= 15 is 0 Å². The maximum atomic E-state index is 7.29. The average Bonchev–Trinajstić information content (AvgIpc) is 3.08. The fraction of sp³-hybridized carbons (Fsp3) is 0.500. The average molecular weight is 800 g/mol. The summed E-state index contributed by atoms with van der Waals surface area (Å²) >= 11 is 85.9. The molecule has 178 valence electrons. The molecule has 2 saturated carbocycles. The van der Waals surface area contributed by atoms with Gasteiger partial charge in [-0.15, -0.1) is 46.4 Å². The second-order valence-electron chi connectivity index (χ2n) is 9.03. The Morgan fingerprint density at radius 3 is 1.33 bits per heavy atom. The van der Waals surface area contributed by atoms with Crippen LogP contribution in [0.4, 0.5) is 0 Å². The van der Waals surface area contributed by atoms with Crippen molar-refractivity contribution in [3.8, 4) is 0 Å². The van der Waals surface area contributed by atoms with Crippen molar-refractivity contribution in [1.82, 2.24) is 0 Å². The maximum absolute atomic E-state index is 7.29. The van der Waals surface area contributed by atoms with E-state index in [0.717, 1.165) is 14.7 Å². The van der Waals surface area contributed by atoms with Gasteiger partial charge in [0.2, 0.25) is 0 Å². The number of benzene rings is 1. The second-order valence-corrected chi connectivity index (χ2v) is 16.8. The molecule has 5 aliphatic carbocycles. The number of allylic oxidation sites excluding steroid dienone is 4. The zero-order valence-corrected chi connectivity index (χ0v) is 26.7. The number of halogens is 13. The molecule has 1 aromatic rings. The van der Waals surface area contributed by atoms with Gasteiger partial charge >= 0.3 is 0 Å². The van der Waals surface area contributed by atoms with Crippen LogP contribution in [0, 0.1) is 15.4 Å². The summed E-state index contributed by atoms with van der Waals surface area (Å²) in [6, 6.07) is 5.82. The first kappa shape index (κ1) is 26.1. The summed E-state index contributed by atoms with van der Waals surface area (Å²) in [5, 5.41) is 0.274. The highest BCUT2D eigenvalue weighted by atomic mass is 127. The van der Waals surface area contributed by atoms with E-state index in [2.05, 4.69) is 22.6 Å². The van der Waals surface area contributed by atoms with Crippen molar-refractivity contribution >= 4 is 162 Å². The van der Waals surface area contributed by atoms with Gasteiger partial charge in [-0.3, -0.25) is 0 Å². The Hall–Kier alpha value is 2.91. The van der Waals surface area contributed by atoms with Crippen molar-refractivity contribution in [2.45, 2.75) is 40.0 Å². The van der Waals surface area contributed by atoms with Crippen LogP contribution in [-0.4, -0.2) is 28.2 Å². The largest absolute Gasteiger partial charge is 0.167 e. The first-order valence-electron chi connectivity index (χ1n) is 9.43. The van der Waals surface area contributed by atoms with E-state index in [4.69, 9.17) is 139 Å². The fourth-order valence-corrected chi connectivity index (χ4v) is 13.4.